The van der Waals surface area contributed by atoms with Crippen LogP contribution in [-0.2, 0) is 11.2 Å². The van der Waals surface area contributed by atoms with Gasteiger partial charge in [-0.25, -0.2) is 4.79 Å². The molecule has 3 aromatic carbocycles. The third kappa shape index (κ3) is 9.42. The first kappa shape index (κ1) is 27.3. The maximum atomic E-state index is 13.2. The van der Waals surface area contributed by atoms with Crippen molar-refractivity contribution >= 4 is 29.4 Å². The van der Waals surface area contributed by atoms with Gasteiger partial charge in [0.05, 0.1) is 0 Å². The van der Waals surface area contributed by atoms with Crippen LogP contribution >= 0.6 is 11.8 Å². The fourth-order valence-electron chi connectivity index (χ4n) is 3.89. The zero-order valence-corrected chi connectivity index (χ0v) is 22.1. The van der Waals surface area contributed by atoms with Crippen molar-refractivity contribution in [2.24, 2.45) is 0 Å². The van der Waals surface area contributed by atoms with Crippen molar-refractivity contribution in [3.05, 3.63) is 84.4 Å². The summed E-state index contributed by atoms with van der Waals surface area (Å²) in [5, 5.41) is 3.11. The van der Waals surface area contributed by atoms with Crippen LogP contribution < -0.4 is 15.0 Å². The Morgan fingerprint density at radius 2 is 1.58 bits per heavy atom. The Balaban J connectivity index is 1.69. The molecule has 3 aromatic rings. The number of nitrogens with zero attached hydrogens (tertiary/aromatic N) is 1. The lowest BCUT2D eigenvalue weighted by Crippen LogP contribution is -2.41. The lowest BCUT2D eigenvalue weighted by molar-refractivity contribution is -0.131. The first-order valence-corrected chi connectivity index (χ1v) is 13.5. The molecule has 5 nitrogen and oxygen atoms in total. The second-order valence-corrected chi connectivity index (χ2v) is 9.85. The van der Waals surface area contributed by atoms with Gasteiger partial charge in [0.15, 0.2) is 0 Å². The average Bonchev–Trinajstić information content (AvgIpc) is 2.87. The molecular weight excluding hydrogens is 468 g/mol. The summed E-state index contributed by atoms with van der Waals surface area (Å²) in [7, 11) is 0. The molecule has 0 bridgehead atoms. The standard InChI is InChI=1S/C30H36N2O3S/c1-3-4-5-6-10-21-32(30(34)31-20-19-25-13-8-7-9-14-25)26-15-11-17-28(22-26)36-29-18-12-16-27(23-29)35-24(2)33/h7-9,11-18,22-23H,3-6,10,19-21H2,1-2H3,(H,31,34). The second kappa shape index (κ2) is 15.0. The predicted molar refractivity (Wildman–Crippen MR) is 148 cm³/mol. The Morgan fingerprint density at radius 3 is 2.33 bits per heavy atom. The second-order valence-electron chi connectivity index (χ2n) is 8.70. The molecule has 2 amide bonds. The minimum atomic E-state index is -0.341. The van der Waals surface area contributed by atoms with E-state index in [1.807, 2.05) is 65.6 Å². The minimum Gasteiger partial charge on any atom is -0.427 e. The van der Waals surface area contributed by atoms with Crippen LogP contribution in [0.4, 0.5) is 10.5 Å². The van der Waals surface area contributed by atoms with Crippen molar-refractivity contribution in [2.75, 3.05) is 18.0 Å². The van der Waals surface area contributed by atoms with E-state index in [2.05, 4.69) is 24.4 Å². The Labute approximate surface area is 219 Å². The highest BCUT2D eigenvalue weighted by Gasteiger charge is 2.16. The summed E-state index contributed by atoms with van der Waals surface area (Å²) >= 11 is 1.57. The normalized spacial score (nSPS) is 10.6. The zero-order valence-electron chi connectivity index (χ0n) is 21.2. The monoisotopic (exact) mass is 504 g/mol. The molecule has 3 rings (SSSR count). The molecule has 0 aliphatic heterocycles. The summed E-state index contributed by atoms with van der Waals surface area (Å²) in [5.74, 6) is 0.183. The number of carbonyl (C=O) groups excluding carboxylic acids is 2. The fourth-order valence-corrected chi connectivity index (χ4v) is 4.81. The number of amides is 2. The number of urea groups is 1. The minimum absolute atomic E-state index is 0.0690. The van der Waals surface area contributed by atoms with E-state index in [0.29, 0.717) is 18.8 Å². The fraction of sp³-hybridized carbons (Fsp3) is 0.333. The van der Waals surface area contributed by atoms with Crippen LogP contribution in [-0.4, -0.2) is 25.1 Å². The quantitative estimate of drug-likeness (QED) is 0.149. The van der Waals surface area contributed by atoms with E-state index in [-0.39, 0.29) is 12.0 Å². The topological polar surface area (TPSA) is 58.6 Å². The van der Waals surface area contributed by atoms with Crippen LogP contribution in [0.5, 0.6) is 5.75 Å². The van der Waals surface area contributed by atoms with Gasteiger partial charge in [0, 0.05) is 35.5 Å². The first-order chi connectivity index (χ1) is 17.5. The van der Waals surface area contributed by atoms with E-state index in [1.165, 1.54) is 31.7 Å². The average molecular weight is 505 g/mol. The number of ether oxygens (including phenoxy) is 1. The van der Waals surface area contributed by atoms with Gasteiger partial charge in [-0.2, -0.15) is 0 Å². The van der Waals surface area contributed by atoms with E-state index < -0.39 is 0 Å². The van der Waals surface area contributed by atoms with Crippen LogP contribution in [0.3, 0.4) is 0 Å². The predicted octanol–water partition coefficient (Wildman–Crippen LogP) is 7.49. The van der Waals surface area contributed by atoms with Gasteiger partial charge in [-0.05, 0) is 54.8 Å². The van der Waals surface area contributed by atoms with Gasteiger partial charge >= 0.3 is 12.0 Å². The summed E-state index contributed by atoms with van der Waals surface area (Å²) in [6.45, 7) is 4.87. The lowest BCUT2D eigenvalue weighted by Gasteiger charge is -2.24. The molecule has 36 heavy (non-hydrogen) atoms. The number of nitrogens with one attached hydrogen (secondary N) is 1. The van der Waals surface area contributed by atoms with Crippen LogP contribution in [0.15, 0.2) is 88.7 Å². The van der Waals surface area contributed by atoms with Crippen molar-refractivity contribution in [3.63, 3.8) is 0 Å². The van der Waals surface area contributed by atoms with Gasteiger partial charge in [0.1, 0.15) is 5.75 Å². The van der Waals surface area contributed by atoms with Crippen molar-refractivity contribution in [2.45, 2.75) is 62.2 Å². The Morgan fingerprint density at radius 1 is 0.861 bits per heavy atom. The van der Waals surface area contributed by atoms with Gasteiger partial charge in [-0.3, -0.25) is 9.69 Å². The first-order valence-electron chi connectivity index (χ1n) is 12.7. The van der Waals surface area contributed by atoms with Gasteiger partial charge in [-0.15, -0.1) is 0 Å². The van der Waals surface area contributed by atoms with Crippen molar-refractivity contribution < 1.29 is 14.3 Å². The van der Waals surface area contributed by atoms with Crippen molar-refractivity contribution in [1.29, 1.82) is 0 Å². The molecule has 0 atom stereocenters. The molecular formula is C30H36N2O3S. The summed E-state index contributed by atoms with van der Waals surface area (Å²) in [6, 6.07) is 25.6. The number of unbranched alkanes of at least 4 members (excludes halogenated alkanes) is 4. The third-order valence-electron chi connectivity index (χ3n) is 5.70. The molecule has 0 unspecified atom stereocenters. The Hall–Kier alpha value is -3.25. The highest BCUT2D eigenvalue weighted by atomic mass is 32.2. The van der Waals surface area contributed by atoms with E-state index in [4.69, 9.17) is 4.74 Å². The molecule has 0 aromatic heterocycles. The van der Waals surface area contributed by atoms with E-state index in [0.717, 1.165) is 34.7 Å². The molecule has 0 fully saturated rings. The summed E-state index contributed by atoms with van der Waals surface area (Å²) in [5.41, 5.74) is 2.09. The van der Waals surface area contributed by atoms with Crippen LogP contribution in [0, 0.1) is 0 Å². The lowest BCUT2D eigenvalue weighted by atomic mass is 10.1. The van der Waals surface area contributed by atoms with Crippen LogP contribution in [0.2, 0.25) is 0 Å². The number of esters is 1. The number of carbonyl (C=O) groups is 2. The smallest absolute Gasteiger partial charge is 0.321 e. The molecule has 0 aliphatic carbocycles. The highest BCUT2D eigenvalue weighted by molar-refractivity contribution is 7.99. The molecule has 0 spiro atoms. The number of anilines is 1. The van der Waals surface area contributed by atoms with Crippen molar-refractivity contribution in [3.8, 4) is 5.75 Å². The van der Waals surface area contributed by atoms with Crippen molar-refractivity contribution in [1.82, 2.24) is 5.32 Å². The molecule has 0 aliphatic rings. The Kier molecular flexibility index (Phi) is 11.4. The zero-order chi connectivity index (χ0) is 25.6. The molecule has 0 saturated carbocycles. The van der Waals surface area contributed by atoms with E-state index in [1.54, 1.807) is 17.8 Å². The molecule has 190 valence electrons. The van der Waals surface area contributed by atoms with Crippen LogP contribution in [0.25, 0.3) is 0 Å². The molecule has 0 heterocycles. The largest absolute Gasteiger partial charge is 0.427 e. The van der Waals surface area contributed by atoms with Gasteiger partial charge < -0.3 is 10.1 Å². The molecule has 0 saturated heterocycles. The Bertz CT molecular complexity index is 1100. The molecule has 0 radical (unpaired) electrons. The van der Waals surface area contributed by atoms with E-state index in [9.17, 15) is 9.59 Å². The number of rotatable bonds is 13. The number of hydrogen-bond donors (Lipinski definition) is 1. The number of benzene rings is 3. The van der Waals surface area contributed by atoms with E-state index >= 15 is 0 Å². The van der Waals surface area contributed by atoms with Gasteiger partial charge in [-0.1, -0.05) is 86.8 Å². The number of hydrogen-bond acceptors (Lipinski definition) is 4. The van der Waals surface area contributed by atoms with Crippen LogP contribution in [0.1, 0.15) is 51.5 Å². The summed E-state index contributed by atoms with van der Waals surface area (Å²) in [4.78, 5) is 28.4. The van der Waals surface area contributed by atoms with Gasteiger partial charge in [0.25, 0.3) is 0 Å². The maximum Gasteiger partial charge on any atom is 0.321 e. The van der Waals surface area contributed by atoms with Gasteiger partial charge in [0.2, 0.25) is 0 Å². The summed E-state index contributed by atoms with van der Waals surface area (Å²) in [6.07, 6.45) is 6.48. The third-order valence-corrected chi connectivity index (χ3v) is 6.67. The highest BCUT2D eigenvalue weighted by Crippen LogP contribution is 2.32. The maximum absolute atomic E-state index is 13.2. The molecule has 6 heteroatoms. The molecule has 1 N–H and O–H groups in total. The SMILES string of the molecule is CCCCCCCN(C(=O)NCCc1ccccc1)c1cccc(Sc2cccc(OC(C)=O)c2)c1. The summed E-state index contributed by atoms with van der Waals surface area (Å²) < 4.78 is 5.21.